The first-order valence-corrected chi connectivity index (χ1v) is 9.53. The van der Waals surface area contributed by atoms with E-state index in [-0.39, 0.29) is 5.91 Å². The maximum atomic E-state index is 12.5. The number of halogens is 1. The Morgan fingerprint density at radius 2 is 2.38 bits per heavy atom. The van der Waals surface area contributed by atoms with Gasteiger partial charge in [0.15, 0.2) is 5.15 Å². The van der Waals surface area contributed by atoms with Crippen molar-refractivity contribution in [2.45, 2.75) is 26.7 Å². The van der Waals surface area contributed by atoms with E-state index in [1.807, 2.05) is 19.9 Å². The number of aliphatic imine (C=N–C) groups is 1. The van der Waals surface area contributed by atoms with Crippen molar-refractivity contribution in [3.8, 4) is 0 Å². The van der Waals surface area contributed by atoms with Gasteiger partial charge >= 0.3 is 0 Å². The Hall–Kier alpha value is -1.53. The van der Waals surface area contributed by atoms with Crippen molar-refractivity contribution < 1.29 is 4.79 Å². The fraction of sp³-hybridized carbons (Fsp3) is 0.471. The lowest BCUT2D eigenvalue weighted by Gasteiger charge is -2.19. The van der Waals surface area contributed by atoms with Crippen LogP contribution < -0.4 is 4.90 Å². The van der Waals surface area contributed by atoms with Crippen molar-refractivity contribution in [3.63, 3.8) is 0 Å². The first-order chi connectivity index (χ1) is 11.6. The minimum Gasteiger partial charge on any atom is -0.308 e. The molecule has 1 aliphatic rings. The lowest BCUT2D eigenvalue weighted by Crippen LogP contribution is -2.32. The molecule has 1 aromatic heterocycles. The Labute approximate surface area is 152 Å². The summed E-state index contributed by atoms with van der Waals surface area (Å²) in [7, 11) is 0. The van der Waals surface area contributed by atoms with Crippen LogP contribution in [0.15, 0.2) is 29.5 Å². The van der Waals surface area contributed by atoms with Crippen LogP contribution in [0.4, 0.5) is 5.69 Å². The highest BCUT2D eigenvalue weighted by Gasteiger charge is 2.23. The zero-order valence-corrected chi connectivity index (χ0v) is 15.7. The molecule has 0 aliphatic heterocycles. The zero-order chi connectivity index (χ0) is 17.5. The number of anilines is 1. The smallest absolute Gasteiger partial charge is 0.237 e. The van der Waals surface area contributed by atoms with Crippen molar-refractivity contribution in [3.05, 3.63) is 29.7 Å². The molecule has 1 aromatic rings. The van der Waals surface area contributed by atoms with Gasteiger partial charge in [-0.05, 0) is 57.2 Å². The second-order valence-corrected chi connectivity index (χ2v) is 7.07. The molecule has 0 N–H and O–H groups in total. The number of nitrogens with zero attached hydrogens (tertiary/aromatic N) is 4. The van der Waals surface area contributed by atoms with Crippen molar-refractivity contribution in [2.75, 3.05) is 23.0 Å². The maximum absolute atomic E-state index is 12.5. The van der Waals surface area contributed by atoms with Crippen LogP contribution in [0.5, 0.6) is 0 Å². The summed E-state index contributed by atoms with van der Waals surface area (Å²) in [6, 6.07) is 0. The molecular weight excluding hydrogens is 344 g/mol. The Morgan fingerprint density at radius 1 is 1.62 bits per heavy atom. The van der Waals surface area contributed by atoms with Gasteiger partial charge in [0, 0.05) is 18.4 Å². The number of aromatic nitrogens is 2. The number of thioether (sulfide) groups is 1. The monoisotopic (exact) mass is 366 g/mol. The van der Waals surface area contributed by atoms with Gasteiger partial charge in [-0.2, -0.15) is 16.9 Å². The molecule has 1 fully saturated rings. The third-order valence-electron chi connectivity index (χ3n) is 3.73. The molecule has 1 saturated carbocycles. The van der Waals surface area contributed by atoms with Crippen LogP contribution in [0.2, 0.25) is 5.15 Å². The third kappa shape index (κ3) is 5.24. The van der Waals surface area contributed by atoms with Crippen LogP contribution in [0.25, 0.3) is 5.70 Å². The minimum absolute atomic E-state index is 0.0713. The highest BCUT2D eigenvalue weighted by atomic mass is 35.5. The van der Waals surface area contributed by atoms with Gasteiger partial charge < -0.3 is 4.90 Å². The Bertz CT molecular complexity index is 649. The molecule has 24 heavy (non-hydrogen) atoms. The first-order valence-electron chi connectivity index (χ1n) is 7.99. The second-order valence-electron chi connectivity index (χ2n) is 5.68. The van der Waals surface area contributed by atoms with E-state index >= 15 is 0 Å². The van der Waals surface area contributed by atoms with Gasteiger partial charge in [-0.25, -0.2) is 4.68 Å². The number of hydrogen-bond donors (Lipinski definition) is 0. The average molecular weight is 367 g/mol. The van der Waals surface area contributed by atoms with Crippen molar-refractivity contribution >= 4 is 47.4 Å². The zero-order valence-electron chi connectivity index (χ0n) is 14.1. The van der Waals surface area contributed by atoms with E-state index in [1.54, 1.807) is 39.8 Å². The highest BCUT2D eigenvalue weighted by Crippen LogP contribution is 2.33. The summed E-state index contributed by atoms with van der Waals surface area (Å²) in [6.45, 7) is 7.80. The summed E-state index contributed by atoms with van der Waals surface area (Å²) in [5.41, 5.74) is 1.52. The highest BCUT2D eigenvalue weighted by molar-refractivity contribution is 7.99. The molecule has 130 valence electrons. The number of carbonyl (C=O) groups excluding carboxylic acids is 1. The van der Waals surface area contributed by atoms with Crippen LogP contribution in [0.1, 0.15) is 26.7 Å². The number of hydrogen-bond acceptors (Lipinski definition) is 4. The van der Waals surface area contributed by atoms with Crippen LogP contribution in [-0.2, 0) is 4.79 Å². The summed E-state index contributed by atoms with van der Waals surface area (Å²) in [4.78, 5) is 17.8. The van der Waals surface area contributed by atoms with Crippen molar-refractivity contribution in [2.24, 2.45) is 10.9 Å². The maximum Gasteiger partial charge on any atom is 0.237 e. The Morgan fingerprint density at radius 3 is 3.00 bits per heavy atom. The molecule has 1 heterocycles. The van der Waals surface area contributed by atoms with Gasteiger partial charge in [-0.3, -0.25) is 9.79 Å². The van der Waals surface area contributed by atoms with E-state index < -0.39 is 0 Å². The summed E-state index contributed by atoms with van der Waals surface area (Å²) in [5, 5.41) is 4.62. The van der Waals surface area contributed by atoms with Gasteiger partial charge in [-0.1, -0.05) is 11.6 Å². The topological polar surface area (TPSA) is 50.5 Å². The molecule has 0 radical (unpaired) electrons. The van der Waals surface area contributed by atoms with Gasteiger partial charge in [0.05, 0.1) is 11.9 Å². The van der Waals surface area contributed by atoms with Crippen molar-refractivity contribution in [1.29, 1.82) is 0 Å². The molecule has 1 amide bonds. The van der Waals surface area contributed by atoms with E-state index in [2.05, 4.69) is 16.8 Å². The predicted octanol–water partition coefficient (Wildman–Crippen LogP) is 4.11. The number of amides is 1. The molecule has 0 spiro atoms. The lowest BCUT2D eigenvalue weighted by molar-refractivity contribution is -0.116. The summed E-state index contributed by atoms with van der Waals surface area (Å²) >= 11 is 7.96. The van der Waals surface area contributed by atoms with Crippen LogP contribution in [0, 0.1) is 5.92 Å². The van der Waals surface area contributed by atoms with E-state index in [4.69, 9.17) is 11.6 Å². The van der Waals surface area contributed by atoms with Gasteiger partial charge in [0.2, 0.25) is 5.91 Å². The fourth-order valence-corrected chi connectivity index (χ4v) is 3.53. The molecule has 0 aromatic carbocycles. The molecule has 0 saturated heterocycles. The standard InChI is InChI=1S/C17H23ClN4OS/c1-4-21(16(23)12-24-11-14-7-8-14)15-10-22(20-17(15)18)13(2)6-5-9-19-3/h5-6,9-10,14H,3-4,7-8,11-12H2,1-2H3/b9-5-,13-6+. The predicted molar refractivity (Wildman–Crippen MR) is 104 cm³/mol. The molecular formula is C17H23ClN4OS. The van der Waals surface area contributed by atoms with Gasteiger partial charge in [0.25, 0.3) is 0 Å². The molecule has 5 nitrogen and oxygen atoms in total. The Balaban J connectivity index is 2.06. The molecule has 0 bridgehead atoms. The van der Waals surface area contributed by atoms with E-state index in [1.165, 1.54) is 12.8 Å². The quantitative estimate of drug-likeness (QED) is 0.488. The number of rotatable bonds is 9. The molecule has 0 atom stereocenters. The van der Waals surface area contributed by atoms with Gasteiger partial charge in [-0.15, -0.1) is 0 Å². The molecule has 1 aliphatic carbocycles. The Kier molecular flexibility index (Phi) is 7.12. The minimum atomic E-state index is 0.0713. The molecule has 2 rings (SSSR count). The largest absolute Gasteiger partial charge is 0.308 e. The molecule has 7 heteroatoms. The van der Waals surface area contributed by atoms with E-state index in [9.17, 15) is 4.79 Å². The van der Waals surface area contributed by atoms with Crippen LogP contribution in [-0.4, -0.2) is 40.5 Å². The normalized spacial score (nSPS) is 15.0. The van der Waals surface area contributed by atoms with E-state index in [0.29, 0.717) is 23.1 Å². The summed E-state index contributed by atoms with van der Waals surface area (Å²) in [5.74, 6) is 2.44. The lowest BCUT2D eigenvalue weighted by atomic mass is 10.4. The molecule has 0 unspecified atom stereocenters. The van der Waals surface area contributed by atoms with Crippen LogP contribution in [0.3, 0.4) is 0 Å². The second kappa shape index (κ2) is 9.08. The van der Waals surface area contributed by atoms with Crippen LogP contribution >= 0.6 is 23.4 Å². The SMILES string of the molecule is C=N/C=C\C=C(/C)n1cc(N(CC)C(=O)CSCC2CC2)c(Cl)n1. The average Bonchev–Trinajstić information content (AvgIpc) is 3.30. The summed E-state index contributed by atoms with van der Waals surface area (Å²) < 4.78 is 1.67. The number of allylic oxidation sites excluding steroid dienone is 3. The third-order valence-corrected chi connectivity index (χ3v) is 5.15. The first kappa shape index (κ1) is 18.8. The summed E-state index contributed by atoms with van der Waals surface area (Å²) in [6.07, 6.45) is 9.61. The van der Waals surface area contributed by atoms with Crippen molar-refractivity contribution in [1.82, 2.24) is 9.78 Å². The van der Waals surface area contributed by atoms with Gasteiger partial charge in [0.1, 0.15) is 5.69 Å². The van der Waals surface area contributed by atoms with E-state index in [0.717, 1.165) is 17.4 Å². The number of carbonyl (C=O) groups is 1. The fourth-order valence-electron chi connectivity index (χ4n) is 2.18.